The van der Waals surface area contributed by atoms with E-state index in [9.17, 15) is 14.4 Å². The fourth-order valence-electron chi connectivity index (χ4n) is 8.67. The number of rotatable bonds is 56. The van der Waals surface area contributed by atoms with E-state index in [0.717, 1.165) is 96.3 Å². The van der Waals surface area contributed by atoms with Crippen molar-refractivity contribution in [1.29, 1.82) is 0 Å². The quantitative estimate of drug-likeness (QED) is 0.0261. The van der Waals surface area contributed by atoms with Gasteiger partial charge in [0, 0.05) is 19.3 Å². The highest BCUT2D eigenvalue weighted by Gasteiger charge is 2.19. The van der Waals surface area contributed by atoms with Gasteiger partial charge in [-0.05, 0) is 103 Å². The van der Waals surface area contributed by atoms with E-state index in [1.165, 1.54) is 167 Å². The zero-order valence-electron chi connectivity index (χ0n) is 48.1. The van der Waals surface area contributed by atoms with Gasteiger partial charge in [0.15, 0.2) is 6.10 Å². The molecule has 6 nitrogen and oxygen atoms in total. The van der Waals surface area contributed by atoms with E-state index in [4.69, 9.17) is 14.2 Å². The first-order chi connectivity index (χ1) is 36.0. The van der Waals surface area contributed by atoms with Crippen molar-refractivity contribution in [2.24, 2.45) is 0 Å². The van der Waals surface area contributed by atoms with E-state index in [0.29, 0.717) is 19.3 Å². The molecule has 0 amide bonds. The van der Waals surface area contributed by atoms with Crippen LogP contribution < -0.4 is 0 Å². The van der Waals surface area contributed by atoms with Crippen LogP contribution in [0.25, 0.3) is 0 Å². The van der Waals surface area contributed by atoms with Gasteiger partial charge in [0.2, 0.25) is 0 Å². The van der Waals surface area contributed by atoms with Gasteiger partial charge in [0.05, 0.1) is 0 Å². The van der Waals surface area contributed by atoms with Crippen LogP contribution >= 0.6 is 0 Å². The Labute approximate surface area is 452 Å². The molecule has 0 spiro atoms. The monoisotopic (exact) mass is 1020 g/mol. The van der Waals surface area contributed by atoms with Crippen molar-refractivity contribution in [3.8, 4) is 0 Å². The van der Waals surface area contributed by atoms with Crippen LogP contribution in [0.1, 0.15) is 303 Å². The predicted octanol–water partition coefficient (Wildman–Crippen LogP) is 21.1. The maximum atomic E-state index is 12.9. The Balaban J connectivity index is 4.44. The zero-order chi connectivity index (χ0) is 52.9. The van der Waals surface area contributed by atoms with Crippen molar-refractivity contribution in [1.82, 2.24) is 0 Å². The van der Waals surface area contributed by atoms with Crippen LogP contribution in [-0.4, -0.2) is 37.2 Å². The van der Waals surface area contributed by atoms with Crippen molar-refractivity contribution in [2.45, 2.75) is 309 Å². The number of ether oxygens (including phenoxy) is 3. The molecule has 0 unspecified atom stereocenters. The zero-order valence-corrected chi connectivity index (χ0v) is 48.1. The first-order valence-corrected chi connectivity index (χ1v) is 31.1. The summed E-state index contributed by atoms with van der Waals surface area (Å²) in [4.78, 5) is 38.2. The van der Waals surface area contributed by atoms with Gasteiger partial charge in [0.25, 0.3) is 0 Å². The smallest absolute Gasteiger partial charge is 0.306 e. The first-order valence-electron chi connectivity index (χ1n) is 31.1. The van der Waals surface area contributed by atoms with Crippen LogP contribution in [0.15, 0.2) is 85.1 Å². The molecule has 0 N–H and O–H groups in total. The number of carbonyl (C=O) groups excluding carboxylic acids is 3. The van der Waals surface area contributed by atoms with E-state index in [1.54, 1.807) is 0 Å². The normalized spacial score (nSPS) is 12.6. The van der Waals surface area contributed by atoms with E-state index in [1.807, 2.05) is 0 Å². The minimum atomic E-state index is -0.805. The molecular weight excluding hydrogens is 901 g/mol. The van der Waals surface area contributed by atoms with Crippen molar-refractivity contribution in [2.75, 3.05) is 13.2 Å². The number of esters is 3. The Morgan fingerprint density at radius 2 is 0.493 bits per heavy atom. The maximum absolute atomic E-state index is 12.9. The molecule has 0 radical (unpaired) electrons. The van der Waals surface area contributed by atoms with Gasteiger partial charge in [-0.3, -0.25) is 14.4 Å². The second-order valence-electron chi connectivity index (χ2n) is 20.6. The lowest BCUT2D eigenvalue weighted by molar-refractivity contribution is -0.167. The van der Waals surface area contributed by atoms with E-state index >= 15 is 0 Å². The summed E-state index contributed by atoms with van der Waals surface area (Å²) in [5, 5.41) is 0. The average Bonchev–Trinajstić information content (AvgIpc) is 3.39. The molecule has 420 valence electrons. The van der Waals surface area contributed by atoms with E-state index in [2.05, 4.69) is 106 Å². The van der Waals surface area contributed by atoms with Gasteiger partial charge < -0.3 is 14.2 Å². The van der Waals surface area contributed by atoms with Crippen molar-refractivity contribution < 1.29 is 28.6 Å². The summed E-state index contributed by atoms with van der Waals surface area (Å²) in [5.74, 6) is -0.958. The largest absolute Gasteiger partial charge is 0.462 e. The van der Waals surface area contributed by atoms with Gasteiger partial charge in [0.1, 0.15) is 13.2 Å². The molecule has 0 heterocycles. The van der Waals surface area contributed by atoms with E-state index in [-0.39, 0.29) is 31.1 Å². The fourth-order valence-corrected chi connectivity index (χ4v) is 8.67. The van der Waals surface area contributed by atoms with Gasteiger partial charge in [-0.15, -0.1) is 0 Å². The van der Waals surface area contributed by atoms with Crippen LogP contribution in [0.3, 0.4) is 0 Å². The molecule has 6 heteroatoms. The summed E-state index contributed by atoms with van der Waals surface area (Å²) in [6, 6.07) is 0. The number of carbonyl (C=O) groups is 3. The molecule has 0 aromatic heterocycles. The van der Waals surface area contributed by atoms with Gasteiger partial charge in [-0.2, -0.15) is 0 Å². The average molecular weight is 1020 g/mol. The lowest BCUT2D eigenvalue weighted by atomic mass is 10.0. The minimum absolute atomic E-state index is 0.103. The molecule has 0 saturated carbocycles. The van der Waals surface area contributed by atoms with E-state index < -0.39 is 6.10 Å². The Morgan fingerprint density at radius 1 is 0.274 bits per heavy atom. The molecule has 1 atom stereocenters. The Morgan fingerprint density at radius 3 is 0.822 bits per heavy atom. The third-order valence-corrected chi connectivity index (χ3v) is 13.4. The Kier molecular flexibility index (Phi) is 58.3. The van der Waals surface area contributed by atoms with Crippen molar-refractivity contribution in [3.63, 3.8) is 0 Å². The van der Waals surface area contributed by atoms with Gasteiger partial charge in [-0.25, -0.2) is 0 Å². The summed E-state index contributed by atoms with van der Waals surface area (Å²) in [6.07, 6.45) is 80.1. The SMILES string of the molecule is CCCCC/C=C\C/C=C\C/C=C\C/C=C\CCCCCC(=O)OC[C@H](COC(=O)CCCC/C=C\C/C=C\C/C=C\CCCCC)OC(=O)CCCCCCCCCCCCCCCCCCCCCCC. The standard InChI is InChI=1S/C67H116O6/c1-4-7-10-13-16-19-22-25-28-30-32-33-35-37-40-43-46-49-52-55-58-61-67(70)73-64(62-71-65(68)59-56-53-50-47-44-41-38-27-24-21-18-15-12-9-6-3)63-72-66(69)60-57-54-51-48-45-42-39-36-34-31-29-26-23-20-17-14-11-8-5-2/h17-18,20-21,26-27,29,34,36,38,42,44-45,47,64H,4-16,19,22-25,28,30-33,35,37,39-41,43,46,48-63H2,1-3H3/b20-17-,21-18-,29-26-,36-34-,38-27-,45-42-,47-44-/t64-/m0/s1. The summed E-state index contributed by atoms with van der Waals surface area (Å²) in [5.41, 5.74) is 0. The first kappa shape index (κ1) is 69.6. The lowest BCUT2D eigenvalue weighted by Crippen LogP contribution is -2.30. The molecule has 0 aromatic rings. The summed E-state index contributed by atoms with van der Waals surface area (Å²) in [6.45, 7) is 6.55. The fraction of sp³-hybridized carbons (Fsp3) is 0.746. The molecule has 0 aliphatic carbocycles. The third-order valence-electron chi connectivity index (χ3n) is 13.4. The molecule has 0 aliphatic rings. The molecule has 0 rings (SSSR count). The van der Waals surface area contributed by atoms with Crippen molar-refractivity contribution >= 4 is 17.9 Å². The third kappa shape index (κ3) is 59.3. The number of hydrogen-bond donors (Lipinski definition) is 0. The molecule has 0 saturated heterocycles. The second kappa shape index (κ2) is 61.1. The van der Waals surface area contributed by atoms with Crippen LogP contribution in [0, 0.1) is 0 Å². The van der Waals surface area contributed by atoms with Crippen LogP contribution in [0.2, 0.25) is 0 Å². The van der Waals surface area contributed by atoms with Crippen LogP contribution in [0.5, 0.6) is 0 Å². The maximum Gasteiger partial charge on any atom is 0.306 e. The topological polar surface area (TPSA) is 78.9 Å². The molecule has 0 aliphatic heterocycles. The minimum Gasteiger partial charge on any atom is -0.462 e. The molecular formula is C67H116O6. The lowest BCUT2D eigenvalue weighted by Gasteiger charge is -2.18. The Hall–Kier alpha value is -3.41. The highest BCUT2D eigenvalue weighted by molar-refractivity contribution is 5.71. The second-order valence-corrected chi connectivity index (χ2v) is 20.6. The number of hydrogen-bond acceptors (Lipinski definition) is 6. The molecule has 73 heavy (non-hydrogen) atoms. The van der Waals surface area contributed by atoms with Crippen LogP contribution in [0.4, 0.5) is 0 Å². The molecule has 0 aromatic carbocycles. The molecule has 0 bridgehead atoms. The summed E-state index contributed by atoms with van der Waals surface area (Å²) >= 11 is 0. The predicted molar refractivity (Wildman–Crippen MR) is 316 cm³/mol. The number of allylic oxidation sites excluding steroid dienone is 14. The number of unbranched alkanes of at least 4 members (excludes halogenated alkanes) is 31. The highest BCUT2D eigenvalue weighted by Crippen LogP contribution is 2.16. The summed E-state index contributed by atoms with van der Waals surface area (Å²) in [7, 11) is 0. The van der Waals surface area contributed by atoms with Crippen LogP contribution in [-0.2, 0) is 28.6 Å². The molecule has 0 fully saturated rings. The summed E-state index contributed by atoms with van der Waals surface area (Å²) < 4.78 is 16.9. The van der Waals surface area contributed by atoms with Gasteiger partial charge in [-0.1, -0.05) is 266 Å². The van der Waals surface area contributed by atoms with Gasteiger partial charge >= 0.3 is 17.9 Å². The Bertz CT molecular complexity index is 1400. The van der Waals surface area contributed by atoms with Crippen molar-refractivity contribution in [3.05, 3.63) is 85.1 Å². The highest BCUT2D eigenvalue weighted by atomic mass is 16.6.